The normalized spacial score (nSPS) is 14.8. The second kappa shape index (κ2) is 9.02. The molecule has 2 nitrogen and oxygen atoms in total. The van der Waals surface area contributed by atoms with Gasteiger partial charge in [0.1, 0.15) is 5.75 Å². The molecule has 1 aliphatic carbocycles. The third-order valence-corrected chi connectivity index (χ3v) is 5.06. The van der Waals surface area contributed by atoms with Crippen LogP contribution in [0.5, 0.6) is 5.75 Å². The molecule has 0 aromatic heterocycles. The van der Waals surface area contributed by atoms with Crippen molar-refractivity contribution in [3.05, 3.63) is 29.3 Å². The summed E-state index contributed by atoms with van der Waals surface area (Å²) in [6.07, 6.45) is 6.14. The van der Waals surface area contributed by atoms with E-state index in [0.29, 0.717) is 6.42 Å². The van der Waals surface area contributed by atoms with Gasteiger partial charge in [0.05, 0.1) is 13.7 Å². The molecule has 0 radical (unpaired) electrons. The van der Waals surface area contributed by atoms with Crippen molar-refractivity contribution in [2.24, 2.45) is 5.92 Å². The molecule has 114 valence electrons. The summed E-state index contributed by atoms with van der Waals surface area (Å²) >= 11 is 2.00. The minimum absolute atomic E-state index is 0.118. The van der Waals surface area contributed by atoms with E-state index in [1.54, 1.807) is 7.11 Å². The highest BCUT2D eigenvalue weighted by molar-refractivity contribution is 7.98. The van der Waals surface area contributed by atoms with Crippen LogP contribution in [0.4, 0.5) is 0 Å². The molecule has 1 N–H and O–H groups in total. The van der Waals surface area contributed by atoms with Crippen molar-refractivity contribution in [2.45, 2.75) is 37.9 Å². The summed E-state index contributed by atoms with van der Waals surface area (Å²) in [5.41, 5.74) is 2.22. The summed E-state index contributed by atoms with van der Waals surface area (Å²) in [6.45, 7) is 0.118. The van der Waals surface area contributed by atoms with E-state index >= 15 is 0 Å². The van der Waals surface area contributed by atoms with Crippen LogP contribution in [0.2, 0.25) is 0 Å². The zero-order chi connectivity index (χ0) is 14.9. The lowest BCUT2D eigenvalue weighted by Gasteiger charge is -2.11. The minimum Gasteiger partial charge on any atom is -0.496 e. The van der Waals surface area contributed by atoms with Crippen LogP contribution >= 0.6 is 11.8 Å². The number of benzene rings is 1. The van der Waals surface area contributed by atoms with Crippen molar-refractivity contribution in [3.8, 4) is 17.6 Å². The first-order chi connectivity index (χ1) is 10.3. The molecule has 1 aliphatic rings. The average Bonchev–Trinajstić information content (AvgIpc) is 3.01. The Hall–Kier alpha value is -1.11. The van der Waals surface area contributed by atoms with Crippen molar-refractivity contribution < 1.29 is 9.84 Å². The number of aliphatic hydroxyl groups is 1. The molecule has 0 heterocycles. The third kappa shape index (κ3) is 5.30. The highest BCUT2D eigenvalue weighted by Crippen LogP contribution is 2.31. The Labute approximate surface area is 132 Å². The van der Waals surface area contributed by atoms with Crippen LogP contribution in [0.25, 0.3) is 0 Å². The number of ether oxygens (including phenoxy) is 1. The van der Waals surface area contributed by atoms with E-state index in [9.17, 15) is 0 Å². The minimum atomic E-state index is 0.118. The van der Waals surface area contributed by atoms with E-state index in [4.69, 9.17) is 9.84 Å². The van der Waals surface area contributed by atoms with Crippen molar-refractivity contribution in [1.29, 1.82) is 0 Å². The fraction of sp³-hybridized carbons (Fsp3) is 0.556. The van der Waals surface area contributed by atoms with Gasteiger partial charge in [-0.1, -0.05) is 24.7 Å². The van der Waals surface area contributed by atoms with Gasteiger partial charge in [-0.2, -0.15) is 11.8 Å². The molecule has 0 unspecified atom stereocenters. The predicted molar refractivity (Wildman–Crippen MR) is 89.7 cm³/mol. The molecule has 1 aromatic carbocycles. The van der Waals surface area contributed by atoms with Gasteiger partial charge in [-0.3, -0.25) is 0 Å². The van der Waals surface area contributed by atoms with E-state index < -0.39 is 0 Å². The van der Waals surface area contributed by atoms with E-state index in [1.165, 1.54) is 37.0 Å². The Morgan fingerprint density at radius 2 is 2.14 bits per heavy atom. The SMILES string of the molecule is COc1ccc(C#CCCO)cc1CSCC1CCCC1. The van der Waals surface area contributed by atoms with Crippen LogP contribution in [0.15, 0.2) is 18.2 Å². The molecule has 2 rings (SSSR count). The highest BCUT2D eigenvalue weighted by Gasteiger charge is 2.15. The van der Waals surface area contributed by atoms with Crippen LogP contribution in [-0.2, 0) is 5.75 Å². The van der Waals surface area contributed by atoms with Crippen molar-refractivity contribution in [2.75, 3.05) is 19.5 Å². The molecule has 21 heavy (non-hydrogen) atoms. The van der Waals surface area contributed by atoms with Crippen LogP contribution in [0, 0.1) is 17.8 Å². The van der Waals surface area contributed by atoms with Gasteiger partial charge in [-0.15, -0.1) is 0 Å². The van der Waals surface area contributed by atoms with Gasteiger partial charge >= 0.3 is 0 Å². The standard InChI is InChI=1S/C18H24O2S/c1-20-18-10-9-15(6-4-5-11-19)12-17(18)14-21-13-16-7-2-3-8-16/h9-10,12,16,19H,2-3,5,7-8,11,13-14H2,1H3. The first-order valence-electron chi connectivity index (χ1n) is 7.68. The Balaban J connectivity index is 1.95. The number of methoxy groups -OCH3 is 1. The fourth-order valence-corrected chi connectivity index (χ4v) is 3.93. The predicted octanol–water partition coefficient (Wildman–Crippen LogP) is 3.85. The zero-order valence-electron chi connectivity index (χ0n) is 12.7. The van der Waals surface area contributed by atoms with Gasteiger partial charge < -0.3 is 9.84 Å². The lowest BCUT2D eigenvalue weighted by atomic mass is 10.1. The Bertz CT molecular complexity index is 496. The maximum atomic E-state index is 8.78. The average molecular weight is 304 g/mol. The summed E-state index contributed by atoms with van der Waals surface area (Å²) in [7, 11) is 1.72. The molecule has 0 bridgehead atoms. The van der Waals surface area contributed by atoms with Gasteiger partial charge in [-0.25, -0.2) is 0 Å². The van der Waals surface area contributed by atoms with Gasteiger partial charge in [0.2, 0.25) is 0 Å². The lowest BCUT2D eigenvalue weighted by Crippen LogP contribution is -1.98. The van der Waals surface area contributed by atoms with E-state index in [-0.39, 0.29) is 6.61 Å². The van der Waals surface area contributed by atoms with Crippen LogP contribution in [0.1, 0.15) is 43.2 Å². The highest BCUT2D eigenvalue weighted by atomic mass is 32.2. The molecule has 1 aromatic rings. The first-order valence-corrected chi connectivity index (χ1v) is 8.83. The summed E-state index contributed by atoms with van der Waals surface area (Å²) in [4.78, 5) is 0. The smallest absolute Gasteiger partial charge is 0.122 e. The molecule has 3 heteroatoms. The molecular formula is C18H24O2S. The molecule has 0 atom stereocenters. The zero-order valence-corrected chi connectivity index (χ0v) is 13.5. The van der Waals surface area contributed by atoms with E-state index in [2.05, 4.69) is 17.9 Å². The lowest BCUT2D eigenvalue weighted by molar-refractivity contribution is 0.305. The maximum Gasteiger partial charge on any atom is 0.122 e. The molecule has 0 amide bonds. The van der Waals surface area contributed by atoms with Gasteiger partial charge in [-0.05, 0) is 42.7 Å². The van der Waals surface area contributed by atoms with Gasteiger partial charge in [0.25, 0.3) is 0 Å². The van der Waals surface area contributed by atoms with Crippen molar-refractivity contribution in [1.82, 2.24) is 0 Å². The van der Waals surface area contributed by atoms with Crippen LogP contribution < -0.4 is 4.74 Å². The topological polar surface area (TPSA) is 29.5 Å². The van der Waals surface area contributed by atoms with Crippen molar-refractivity contribution >= 4 is 11.8 Å². The summed E-state index contributed by atoms with van der Waals surface area (Å²) in [5, 5.41) is 8.78. The fourth-order valence-electron chi connectivity index (χ4n) is 2.70. The monoisotopic (exact) mass is 304 g/mol. The molecule has 1 fully saturated rings. The number of rotatable bonds is 6. The van der Waals surface area contributed by atoms with Crippen molar-refractivity contribution in [3.63, 3.8) is 0 Å². The van der Waals surface area contributed by atoms with Gasteiger partial charge in [0, 0.05) is 23.3 Å². The third-order valence-electron chi connectivity index (χ3n) is 3.84. The first kappa shape index (κ1) is 16.3. The Morgan fingerprint density at radius 1 is 1.33 bits per heavy atom. The maximum absolute atomic E-state index is 8.78. The number of hydrogen-bond donors (Lipinski definition) is 1. The summed E-state index contributed by atoms with van der Waals surface area (Å²) in [6, 6.07) is 6.09. The Morgan fingerprint density at radius 3 is 2.86 bits per heavy atom. The summed E-state index contributed by atoms with van der Waals surface area (Å²) < 4.78 is 5.45. The molecule has 0 aliphatic heterocycles. The second-order valence-corrected chi connectivity index (χ2v) is 6.50. The molecular weight excluding hydrogens is 280 g/mol. The quantitative estimate of drug-likeness (QED) is 0.809. The molecule has 0 spiro atoms. The van der Waals surface area contributed by atoms with Gasteiger partial charge in [0.15, 0.2) is 0 Å². The second-order valence-electron chi connectivity index (χ2n) is 5.47. The van der Waals surface area contributed by atoms with E-state index in [1.807, 2.05) is 23.9 Å². The summed E-state index contributed by atoms with van der Waals surface area (Å²) in [5.74, 6) is 10.2. The number of hydrogen-bond acceptors (Lipinski definition) is 3. The van der Waals surface area contributed by atoms with E-state index in [0.717, 1.165) is 23.0 Å². The largest absolute Gasteiger partial charge is 0.496 e. The molecule has 1 saturated carbocycles. The Kier molecular flexibility index (Phi) is 6.99. The number of thioether (sulfide) groups is 1. The van der Waals surface area contributed by atoms with Crippen LogP contribution in [-0.4, -0.2) is 24.6 Å². The molecule has 0 saturated heterocycles. The van der Waals surface area contributed by atoms with Crippen LogP contribution in [0.3, 0.4) is 0 Å². The number of aliphatic hydroxyl groups excluding tert-OH is 1.